The SMILES string of the molecule is NC(=O)NC(=O)C1CN[C@@H]2Cc3c[nH]c4cccc(c34)C2C1. The molecule has 22 heavy (non-hydrogen) atoms. The van der Waals surface area contributed by atoms with Gasteiger partial charge in [-0.3, -0.25) is 10.1 Å². The number of hydrogen-bond acceptors (Lipinski definition) is 3. The molecular weight excluding hydrogens is 280 g/mol. The smallest absolute Gasteiger partial charge is 0.318 e. The highest BCUT2D eigenvalue weighted by molar-refractivity contribution is 5.95. The number of H-pyrrole nitrogens is 1. The van der Waals surface area contributed by atoms with E-state index in [9.17, 15) is 9.59 Å². The summed E-state index contributed by atoms with van der Waals surface area (Å²) in [6.07, 6.45) is 3.78. The zero-order valence-electron chi connectivity index (χ0n) is 12.1. The lowest BCUT2D eigenvalue weighted by Crippen LogP contribution is -2.51. The molecule has 1 fully saturated rings. The Morgan fingerprint density at radius 2 is 2.18 bits per heavy atom. The van der Waals surface area contributed by atoms with Crippen LogP contribution in [0.5, 0.6) is 0 Å². The molecule has 2 unspecified atom stereocenters. The van der Waals surface area contributed by atoms with E-state index in [0.717, 1.165) is 18.4 Å². The summed E-state index contributed by atoms with van der Waals surface area (Å²) in [4.78, 5) is 26.3. The van der Waals surface area contributed by atoms with Gasteiger partial charge < -0.3 is 16.0 Å². The van der Waals surface area contributed by atoms with Crippen molar-refractivity contribution in [3.8, 4) is 0 Å². The molecule has 1 aromatic carbocycles. The number of imide groups is 1. The van der Waals surface area contributed by atoms with E-state index in [4.69, 9.17) is 5.73 Å². The second kappa shape index (κ2) is 4.84. The lowest BCUT2D eigenvalue weighted by Gasteiger charge is -2.39. The van der Waals surface area contributed by atoms with Gasteiger partial charge in [0.25, 0.3) is 0 Å². The number of carbonyl (C=O) groups is 2. The topological polar surface area (TPSA) is 100 Å². The Balaban J connectivity index is 1.67. The number of aromatic amines is 1. The Morgan fingerprint density at radius 1 is 1.32 bits per heavy atom. The third kappa shape index (κ3) is 1.99. The van der Waals surface area contributed by atoms with Crippen LogP contribution in [0.1, 0.15) is 23.5 Å². The second-order valence-corrected chi connectivity index (χ2v) is 6.20. The highest BCUT2D eigenvalue weighted by Gasteiger charge is 2.38. The molecule has 4 rings (SSSR count). The van der Waals surface area contributed by atoms with Crippen LogP contribution in [0.3, 0.4) is 0 Å². The Labute approximate surface area is 127 Å². The van der Waals surface area contributed by atoms with Gasteiger partial charge in [-0.1, -0.05) is 12.1 Å². The van der Waals surface area contributed by atoms with Crippen LogP contribution in [-0.4, -0.2) is 29.5 Å². The number of primary amides is 1. The number of rotatable bonds is 1. The summed E-state index contributed by atoms with van der Waals surface area (Å²) in [6, 6.07) is 5.83. The zero-order valence-corrected chi connectivity index (χ0v) is 12.1. The lowest BCUT2D eigenvalue weighted by molar-refractivity contribution is -0.124. The fourth-order valence-electron chi connectivity index (χ4n) is 3.96. The molecule has 3 atom stereocenters. The largest absolute Gasteiger partial charge is 0.361 e. The van der Waals surface area contributed by atoms with E-state index in [2.05, 4.69) is 33.9 Å². The minimum atomic E-state index is -0.786. The predicted molar refractivity (Wildman–Crippen MR) is 82.4 cm³/mol. The number of carbonyl (C=O) groups excluding carboxylic acids is 2. The number of urea groups is 1. The number of benzene rings is 1. The summed E-state index contributed by atoms with van der Waals surface area (Å²) in [6.45, 7) is 0.579. The summed E-state index contributed by atoms with van der Waals surface area (Å²) in [7, 11) is 0. The molecule has 1 aromatic heterocycles. The average molecular weight is 298 g/mol. The highest BCUT2D eigenvalue weighted by Crippen LogP contribution is 2.41. The van der Waals surface area contributed by atoms with Gasteiger partial charge in [0, 0.05) is 35.6 Å². The van der Waals surface area contributed by atoms with Crippen LogP contribution in [0.15, 0.2) is 24.4 Å². The van der Waals surface area contributed by atoms with E-state index in [1.165, 1.54) is 16.5 Å². The van der Waals surface area contributed by atoms with Crippen LogP contribution < -0.4 is 16.4 Å². The van der Waals surface area contributed by atoms with Crippen molar-refractivity contribution in [1.82, 2.24) is 15.6 Å². The van der Waals surface area contributed by atoms with Crippen molar-refractivity contribution in [2.45, 2.75) is 24.8 Å². The summed E-state index contributed by atoms with van der Waals surface area (Å²) in [5, 5.41) is 6.97. The molecular formula is C16H18N4O2. The number of nitrogens with one attached hydrogen (secondary N) is 3. The average Bonchev–Trinajstić information content (AvgIpc) is 2.91. The number of hydrogen-bond donors (Lipinski definition) is 4. The van der Waals surface area contributed by atoms with Crippen LogP contribution in [-0.2, 0) is 11.2 Å². The van der Waals surface area contributed by atoms with Crippen molar-refractivity contribution in [2.75, 3.05) is 6.54 Å². The third-order valence-corrected chi connectivity index (χ3v) is 4.93. The van der Waals surface area contributed by atoms with Crippen LogP contribution >= 0.6 is 0 Å². The van der Waals surface area contributed by atoms with Crippen molar-refractivity contribution < 1.29 is 9.59 Å². The number of amides is 3. The minimum Gasteiger partial charge on any atom is -0.361 e. The first-order chi connectivity index (χ1) is 10.6. The third-order valence-electron chi connectivity index (χ3n) is 4.93. The molecule has 2 heterocycles. The van der Waals surface area contributed by atoms with Crippen LogP contribution in [0, 0.1) is 5.92 Å². The van der Waals surface area contributed by atoms with Crippen molar-refractivity contribution in [2.24, 2.45) is 11.7 Å². The molecule has 2 aromatic rings. The second-order valence-electron chi connectivity index (χ2n) is 6.20. The minimum absolute atomic E-state index is 0.232. The van der Waals surface area contributed by atoms with Gasteiger partial charge in [0.2, 0.25) is 5.91 Å². The van der Waals surface area contributed by atoms with Crippen molar-refractivity contribution in [3.63, 3.8) is 0 Å². The Hall–Kier alpha value is -2.34. The Morgan fingerprint density at radius 3 is 3.00 bits per heavy atom. The number of aromatic nitrogens is 1. The van der Waals surface area contributed by atoms with E-state index in [1.54, 1.807) is 0 Å². The maximum atomic E-state index is 12.1. The van der Waals surface area contributed by atoms with Gasteiger partial charge in [-0.15, -0.1) is 0 Å². The summed E-state index contributed by atoms with van der Waals surface area (Å²) in [5.74, 6) is -0.237. The highest BCUT2D eigenvalue weighted by atomic mass is 16.2. The lowest BCUT2D eigenvalue weighted by atomic mass is 9.73. The number of fused-ring (bicyclic) bond motifs is 2. The first-order valence-corrected chi connectivity index (χ1v) is 7.56. The monoisotopic (exact) mass is 298 g/mol. The molecule has 6 nitrogen and oxygen atoms in total. The Kier molecular flexibility index (Phi) is 2.94. The zero-order chi connectivity index (χ0) is 15.3. The van der Waals surface area contributed by atoms with E-state index < -0.39 is 6.03 Å². The maximum Gasteiger partial charge on any atom is 0.318 e. The molecule has 0 spiro atoms. The van der Waals surface area contributed by atoms with Gasteiger partial charge >= 0.3 is 6.03 Å². The molecule has 6 heteroatoms. The summed E-state index contributed by atoms with van der Waals surface area (Å²) >= 11 is 0. The Bertz CT molecular complexity index is 767. The number of nitrogens with two attached hydrogens (primary N) is 1. The molecule has 5 N–H and O–H groups in total. The predicted octanol–water partition coefficient (Wildman–Crippen LogP) is 0.981. The van der Waals surface area contributed by atoms with Gasteiger partial charge in [-0.25, -0.2) is 4.79 Å². The molecule has 0 saturated carbocycles. The molecule has 0 bridgehead atoms. The first-order valence-electron chi connectivity index (χ1n) is 7.56. The van der Waals surface area contributed by atoms with Gasteiger partial charge in [0.1, 0.15) is 0 Å². The summed E-state index contributed by atoms with van der Waals surface area (Å²) < 4.78 is 0. The molecule has 114 valence electrons. The molecule has 1 aliphatic heterocycles. The number of piperidine rings is 1. The normalized spacial score (nSPS) is 26.5. The molecule has 1 aliphatic carbocycles. The summed E-state index contributed by atoms with van der Waals surface area (Å²) in [5.41, 5.74) is 8.81. The molecule has 3 amide bonds. The van der Waals surface area contributed by atoms with Gasteiger partial charge in [-0.05, 0) is 30.0 Å². The van der Waals surface area contributed by atoms with Gasteiger partial charge in [0.05, 0.1) is 5.92 Å². The fourth-order valence-corrected chi connectivity index (χ4v) is 3.96. The van der Waals surface area contributed by atoms with Crippen LogP contribution in [0.25, 0.3) is 10.9 Å². The quantitative estimate of drug-likeness (QED) is 0.631. The first kappa shape index (κ1) is 13.3. The molecule has 2 aliphatic rings. The van der Waals surface area contributed by atoms with E-state index in [1.807, 2.05) is 6.07 Å². The van der Waals surface area contributed by atoms with Gasteiger partial charge in [0.15, 0.2) is 0 Å². The van der Waals surface area contributed by atoms with Crippen LogP contribution in [0.4, 0.5) is 4.79 Å². The van der Waals surface area contributed by atoms with Crippen molar-refractivity contribution >= 4 is 22.8 Å². The van der Waals surface area contributed by atoms with E-state index >= 15 is 0 Å². The molecule has 1 saturated heterocycles. The van der Waals surface area contributed by atoms with E-state index in [-0.39, 0.29) is 17.7 Å². The van der Waals surface area contributed by atoms with Crippen LogP contribution in [0.2, 0.25) is 0 Å². The van der Waals surface area contributed by atoms with Gasteiger partial charge in [-0.2, -0.15) is 0 Å². The van der Waals surface area contributed by atoms with Crippen molar-refractivity contribution in [1.29, 1.82) is 0 Å². The standard InChI is InChI=1S/C16H18N4O2/c17-16(22)20-15(21)9-4-11-10-2-1-3-12-14(10)8(6-18-12)5-13(11)19-7-9/h1-3,6,9,11,13,18-19H,4-5,7H2,(H3,17,20,21,22)/t9?,11?,13-/m1/s1. The van der Waals surface area contributed by atoms with E-state index in [0.29, 0.717) is 12.6 Å². The maximum absolute atomic E-state index is 12.1. The fraction of sp³-hybridized carbons (Fsp3) is 0.375. The van der Waals surface area contributed by atoms with Crippen molar-refractivity contribution in [3.05, 3.63) is 35.5 Å². The molecule has 0 radical (unpaired) electrons.